The molecule has 29 heavy (non-hydrogen) atoms. The molecule has 0 aromatic heterocycles. The number of sulfonamides is 1. The maximum atomic E-state index is 13.0. The lowest BCUT2D eigenvalue weighted by molar-refractivity contribution is -0.0258. The van der Waals surface area contributed by atoms with E-state index in [1.54, 1.807) is 11.0 Å². The van der Waals surface area contributed by atoms with Gasteiger partial charge in [0.15, 0.2) is 11.5 Å². The van der Waals surface area contributed by atoms with Crippen LogP contribution in [0.15, 0.2) is 41.3 Å². The van der Waals surface area contributed by atoms with Crippen LogP contribution in [0.2, 0.25) is 5.02 Å². The van der Waals surface area contributed by atoms with E-state index in [4.69, 9.17) is 25.9 Å². The van der Waals surface area contributed by atoms with Gasteiger partial charge in [-0.15, -0.1) is 0 Å². The van der Waals surface area contributed by atoms with Gasteiger partial charge >= 0.3 is 0 Å². The van der Waals surface area contributed by atoms with Crippen LogP contribution in [0.1, 0.15) is 22.8 Å². The van der Waals surface area contributed by atoms with Crippen molar-refractivity contribution in [1.29, 1.82) is 0 Å². The van der Waals surface area contributed by atoms with Crippen molar-refractivity contribution in [2.24, 2.45) is 0 Å². The molecular weight excluding hydrogens is 420 g/mol. The lowest BCUT2D eigenvalue weighted by Crippen LogP contribution is -2.31. The van der Waals surface area contributed by atoms with Crippen molar-refractivity contribution >= 4 is 27.5 Å². The summed E-state index contributed by atoms with van der Waals surface area (Å²) in [6.07, 6.45) is 0. The Morgan fingerprint density at radius 2 is 1.90 bits per heavy atom. The number of fused-ring (bicyclic) bond motifs is 1. The highest BCUT2D eigenvalue weighted by atomic mass is 35.5. The first-order valence-electron chi connectivity index (χ1n) is 8.78. The highest BCUT2D eigenvalue weighted by Gasteiger charge is 2.26. The fourth-order valence-corrected chi connectivity index (χ4v) is 4.31. The molecule has 2 aromatic carbocycles. The number of halogens is 1. The maximum Gasteiger partial charge on any atom is 0.266 e. The molecule has 0 atom stereocenters. The molecule has 1 amide bonds. The smallest absolute Gasteiger partial charge is 0.266 e. The zero-order valence-electron chi connectivity index (χ0n) is 16.2. The van der Waals surface area contributed by atoms with Crippen molar-refractivity contribution < 1.29 is 27.5 Å². The summed E-state index contributed by atoms with van der Waals surface area (Å²) in [5.41, 5.74) is 1.07. The normalized spacial score (nSPS) is 13.0. The SMILES string of the molecule is CCN(Cc1ccc2c(c1)OCO2)C(=O)c1ccc(Cl)c(S(=O)(=O)N(C)OC)c1. The van der Waals surface area contributed by atoms with Gasteiger partial charge in [-0.1, -0.05) is 22.1 Å². The van der Waals surface area contributed by atoms with Gasteiger partial charge in [-0.25, -0.2) is 8.42 Å². The molecule has 3 rings (SSSR count). The van der Waals surface area contributed by atoms with Crippen LogP contribution >= 0.6 is 11.6 Å². The third-order valence-corrected chi connectivity index (χ3v) is 6.69. The van der Waals surface area contributed by atoms with Crippen molar-refractivity contribution in [2.75, 3.05) is 27.5 Å². The molecule has 0 saturated heterocycles. The predicted molar refractivity (Wildman–Crippen MR) is 106 cm³/mol. The van der Waals surface area contributed by atoms with E-state index in [9.17, 15) is 13.2 Å². The second kappa shape index (κ2) is 8.58. The van der Waals surface area contributed by atoms with Crippen LogP contribution in [0, 0.1) is 0 Å². The Labute approximate surface area is 174 Å². The maximum absolute atomic E-state index is 13.0. The Kier molecular flexibility index (Phi) is 6.33. The fraction of sp³-hybridized carbons (Fsp3) is 0.316. The van der Waals surface area contributed by atoms with Gasteiger partial charge in [0, 0.05) is 25.7 Å². The van der Waals surface area contributed by atoms with Crippen molar-refractivity contribution in [3.63, 3.8) is 0 Å². The summed E-state index contributed by atoms with van der Waals surface area (Å²) in [7, 11) is -1.52. The number of carbonyl (C=O) groups excluding carboxylic acids is 1. The van der Waals surface area contributed by atoms with E-state index < -0.39 is 10.0 Å². The standard InChI is InChI=1S/C19H21ClN2O6S/c1-4-22(11-13-5-8-16-17(9-13)28-12-27-16)19(23)14-6-7-15(20)18(10-14)29(24,25)21(2)26-3/h5-10H,4,11-12H2,1-3H3. The molecule has 0 unspecified atom stereocenters. The number of rotatable bonds is 7. The zero-order chi connectivity index (χ0) is 21.2. The monoisotopic (exact) mass is 440 g/mol. The van der Waals surface area contributed by atoms with Gasteiger partial charge in [0.1, 0.15) is 4.90 Å². The van der Waals surface area contributed by atoms with E-state index in [0.29, 0.717) is 29.1 Å². The topological polar surface area (TPSA) is 85.4 Å². The summed E-state index contributed by atoms with van der Waals surface area (Å²) < 4.78 is 36.5. The third-order valence-electron chi connectivity index (χ3n) is 4.53. The molecule has 1 aliphatic heterocycles. The zero-order valence-corrected chi connectivity index (χ0v) is 17.8. The Morgan fingerprint density at radius 1 is 1.17 bits per heavy atom. The van der Waals surface area contributed by atoms with Crippen LogP contribution in [-0.2, 0) is 21.4 Å². The highest BCUT2D eigenvalue weighted by Crippen LogP contribution is 2.33. The average Bonchev–Trinajstić information content (AvgIpc) is 3.18. The first-order chi connectivity index (χ1) is 13.8. The Balaban J connectivity index is 1.87. The number of hydrogen-bond acceptors (Lipinski definition) is 6. The Bertz CT molecular complexity index is 1030. The molecule has 10 heteroatoms. The first kappa shape index (κ1) is 21.4. The third kappa shape index (κ3) is 4.32. The average molecular weight is 441 g/mol. The second-order valence-electron chi connectivity index (χ2n) is 6.25. The van der Waals surface area contributed by atoms with Crippen LogP contribution < -0.4 is 9.47 Å². The number of hydroxylamine groups is 1. The van der Waals surface area contributed by atoms with Crippen molar-refractivity contribution in [3.8, 4) is 11.5 Å². The quantitative estimate of drug-likeness (QED) is 0.615. The van der Waals surface area contributed by atoms with Gasteiger partial charge in [0.2, 0.25) is 6.79 Å². The number of carbonyl (C=O) groups is 1. The Hall–Kier alpha value is -2.33. The first-order valence-corrected chi connectivity index (χ1v) is 10.6. The van der Waals surface area contributed by atoms with Gasteiger partial charge < -0.3 is 14.4 Å². The van der Waals surface area contributed by atoms with E-state index in [2.05, 4.69) is 0 Å². The van der Waals surface area contributed by atoms with E-state index >= 15 is 0 Å². The molecule has 0 aliphatic carbocycles. The van der Waals surface area contributed by atoms with E-state index in [1.807, 2.05) is 19.1 Å². The van der Waals surface area contributed by atoms with Gasteiger partial charge in [-0.05, 0) is 42.8 Å². The number of hydrogen-bond donors (Lipinski definition) is 0. The van der Waals surface area contributed by atoms with E-state index in [1.165, 1.54) is 32.4 Å². The minimum Gasteiger partial charge on any atom is -0.454 e. The molecule has 1 aliphatic rings. The van der Waals surface area contributed by atoms with Crippen LogP contribution in [0.4, 0.5) is 0 Å². The summed E-state index contributed by atoms with van der Waals surface area (Å²) in [5, 5.41) is 0.00395. The summed E-state index contributed by atoms with van der Waals surface area (Å²) in [6, 6.07) is 9.62. The molecule has 0 fully saturated rings. The van der Waals surface area contributed by atoms with E-state index in [-0.39, 0.29) is 28.2 Å². The predicted octanol–water partition coefficient (Wildman–Crippen LogP) is 2.91. The van der Waals surface area contributed by atoms with E-state index in [0.717, 1.165) is 5.56 Å². The van der Waals surface area contributed by atoms with Crippen LogP contribution in [0.3, 0.4) is 0 Å². The summed E-state index contributed by atoms with van der Waals surface area (Å²) >= 11 is 6.07. The van der Waals surface area contributed by atoms with Crippen LogP contribution in [0.5, 0.6) is 11.5 Å². The van der Waals surface area contributed by atoms with Gasteiger partial charge in [-0.2, -0.15) is 0 Å². The molecular formula is C19H21ClN2O6S. The molecule has 2 aromatic rings. The van der Waals surface area contributed by atoms with Gasteiger partial charge in [0.05, 0.1) is 12.1 Å². The molecule has 0 saturated carbocycles. The van der Waals surface area contributed by atoms with Crippen molar-refractivity contribution in [1.82, 2.24) is 9.37 Å². The lowest BCUT2D eigenvalue weighted by atomic mass is 10.1. The summed E-state index contributed by atoms with van der Waals surface area (Å²) in [4.78, 5) is 19.2. The molecule has 0 spiro atoms. The minimum absolute atomic E-state index is 0.00395. The number of nitrogens with zero attached hydrogens (tertiary/aromatic N) is 2. The molecule has 0 radical (unpaired) electrons. The molecule has 0 N–H and O–H groups in total. The molecule has 0 bridgehead atoms. The second-order valence-corrected chi connectivity index (χ2v) is 8.56. The van der Waals surface area contributed by atoms with Gasteiger partial charge in [-0.3, -0.25) is 9.63 Å². The number of ether oxygens (including phenoxy) is 2. The molecule has 156 valence electrons. The summed E-state index contributed by atoms with van der Waals surface area (Å²) in [6.45, 7) is 2.77. The lowest BCUT2D eigenvalue weighted by Gasteiger charge is -2.22. The molecule has 8 nitrogen and oxygen atoms in total. The largest absolute Gasteiger partial charge is 0.454 e. The van der Waals surface area contributed by atoms with Crippen LogP contribution in [-0.4, -0.2) is 51.2 Å². The van der Waals surface area contributed by atoms with Crippen molar-refractivity contribution in [2.45, 2.75) is 18.4 Å². The van der Waals surface area contributed by atoms with Gasteiger partial charge in [0.25, 0.3) is 15.9 Å². The van der Waals surface area contributed by atoms with Crippen LogP contribution in [0.25, 0.3) is 0 Å². The fourth-order valence-electron chi connectivity index (χ4n) is 2.84. The minimum atomic E-state index is -4.00. The van der Waals surface area contributed by atoms with Crippen molar-refractivity contribution in [3.05, 3.63) is 52.5 Å². The molecule has 1 heterocycles. The Morgan fingerprint density at radius 3 is 2.59 bits per heavy atom. The number of benzene rings is 2. The highest BCUT2D eigenvalue weighted by molar-refractivity contribution is 7.89. The summed E-state index contributed by atoms with van der Waals surface area (Å²) in [5.74, 6) is 0.977. The number of amides is 1.